The number of fused-ring (bicyclic) bond motifs is 1. The molecule has 2 aromatic rings. The van der Waals surface area contributed by atoms with Gasteiger partial charge in [-0.15, -0.1) is 0 Å². The Morgan fingerprint density at radius 2 is 1.81 bits per heavy atom. The van der Waals surface area contributed by atoms with E-state index < -0.39 is 0 Å². The predicted octanol–water partition coefficient (Wildman–Crippen LogP) is 4.09. The van der Waals surface area contributed by atoms with E-state index >= 15 is 0 Å². The molecule has 0 amide bonds. The maximum atomic E-state index is 4.65. The average molecular weight is 213 g/mol. The Labute approximate surface area is 97.5 Å². The molecule has 1 aromatic carbocycles. The molecule has 0 saturated carbocycles. The molecule has 84 valence electrons. The second-order valence-corrected chi connectivity index (χ2v) is 5.28. The molecule has 1 heterocycles. The van der Waals surface area contributed by atoms with Crippen molar-refractivity contribution in [2.45, 2.75) is 39.5 Å². The van der Waals surface area contributed by atoms with Crippen LogP contribution in [0.25, 0.3) is 10.8 Å². The first kappa shape index (κ1) is 11.1. The Balaban J connectivity index is 2.78. The van der Waals surface area contributed by atoms with Gasteiger partial charge in [-0.2, -0.15) is 0 Å². The maximum absolute atomic E-state index is 4.65. The molecule has 0 aliphatic carbocycles. The fourth-order valence-corrected chi connectivity index (χ4v) is 2.23. The summed E-state index contributed by atoms with van der Waals surface area (Å²) < 4.78 is 0. The summed E-state index contributed by atoms with van der Waals surface area (Å²) in [4.78, 5) is 4.65. The lowest BCUT2D eigenvalue weighted by Crippen LogP contribution is -2.16. The second kappa shape index (κ2) is 3.89. The zero-order valence-electron chi connectivity index (χ0n) is 10.5. The molecule has 0 aliphatic heterocycles. The zero-order valence-corrected chi connectivity index (χ0v) is 10.5. The fraction of sp³-hybridized carbons (Fsp3) is 0.400. The first-order chi connectivity index (χ1) is 7.54. The zero-order chi connectivity index (χ0) is 11.8. The van der Waals surface area contributed by atoms with Crippen LogP contribution in [0.5, 0.6) is 0 Å². The Kier molecular flexibility index (Phi) is 2.71. The number of benzene rings is 1. The summed E-state index contributed by atoms with van der Waals surface area (Å²) in [6.45, 7) is 8.88. The van der Waals surface area contributed by atoms with Gasteiger partial charge in [0, 0.05) is 22.7 Å². The van der Waals surface area contributed by atoms with Crippen molar-refractivity contribution >= 4 is 10.8 Å². The summed E-state index contributed by atoms with van der Waals surface area (Å²) in [6.07, 6.45) is 3.04. The van der Waals surface area contributed by atoms with Crippen molar-refractivity contribution in [3.63, 3.8) is 0 Å². The lowest BCUT2D eigenvalue weighted by atomic mass is 9.86. The molecule has 1 heteroatoms. The van der Waals surface area contributed by atoms with Crippen LogP contribution in [0.2, 0.25) is 0 Å². The number of pyridine rings is 1. The standard InChI is InChI=1S/C15H19N/c1-5-12-13-9-7-6-8-11(13)10-16-14(12)15(2,3)4/h6-10H,5H2,1-4H3. The summed E-state index contributed by atoms with van der Waals surface area (Å²) in [5.74, 6) is 0. The monoisotopic (exact) mass is 213 g/mol. The molecule has 1 aromatic heterocycles. The molecule has 0 aliphatic rings. The van der Waals surface area contributed by atoms with Crippen molar-refractivity contribution in [3.05, 3.63) is 41.7 Å². The largest absolute Gasteiger partial charge is 0.260 e. The van der Waals surface area contributed by atoms with E-state index in [0.717, 1.165) is 6.42 Å². The topological polar surface area (TPSA) is 12.9 Å². The molecule has 1 nitrogen and oxygen atoms in total. The van der Waals surface area contributed by atoms with Gasteiger partial charge in [-0.05, 0) is 17.4 Å². The van der Waals surface area contributed by atoms with E-state index in [-0.39, 0.29) is 5.41 Å². The SMILES string of the molecule is CCc1c(C(C)(C)C)ncc2ccccc12. The minimum atomic E-state index is 0.120. The highest BCUT2D eigenvalue weighted by Gasteiger charge is 2.20. The van der Waals surface area contributed by atoms with E-state index in [1.54, 1.807) is 0 Å². The molecule has 0 saturated heterocycles. The third-order valence-corrected chi connectivity index (χ3v) is 2.97. The molecule has 0 radical (unpaired) electrons. The predicted molar refractivity (Wildman–Crippen MR) is 69.8 cm³/mol. The van der Waals surface area contributed by atoms with Crippen molar-refractivity contribution in [1.82, 2.24) is 4.98 Å². The van der Waals surface area contributed by atoms with E-state index in [4.69, 9.17) is 0 Å². The molecule has 0 unspecified atom stereocenters. The number of nitrogens with zero attached hydrogens (tertiary/aromatic N) is 1. The Bertz CT molecular complexity index is 506. The minimum absolute atomic E-state index is 0.120. The molecular weight excluding hydrogens is 194 g/mol. The quantitative estimate of drug-likeness (QED) is 0.695. The van der Waals surface area contributed by atoms with Crippen LogP contribution in [0.3, 0.4) is 0 Å². The van der Waals surface area contributed by atoms with Gasteiger partial charge in [0.25, 0.3) is 0 Å². The Morgan fingerprint density at radius 3 is 2.44 bits per heavy atom. The van der Waals surface area contributed by atoms with Gasteiger partial charge in [-0.1, -0.05) is 52.0 Å². The molecule has 0 fully saturated rings. The number of aryl methyl sites for hydroxylation is 1. The van der Waals surface area contributed by atoms with E-state index in [2.05, 4.69) is 56.9 Å². The van der Waals surface area contributed by atoms with Crippen molar-refractivity contribution in [2.24, 2.45) is 0 Å². The average Bonchev–Trinajstić information content (AvgIpc) is 2.26. The third kappa shape index (κ3) is 1.82. The molecule has 0 N–H and O–H groups in total. The van der Waals surface area contributed by atoms with Gasteiger partial charge >= 0.3 is 0 Å². The smallest absolute Gasteiger partial charge is 0.0495 e. The van der Waals surface area contributed by atoms with Crippen molar-refractivity contribution in [2.75, 3.05) is 0 Å². The van der Waals surface area contributed by atoms with E-state index in [0.29, 0.717) is 0 Å². The van der Waals surface area contributed by atoms with Crippen molar-refractivity contribution < 1.29 is 0 Å². The molecule has 16 heavy (non-hydrogen) atoms. The van der Waals surface area contributed by atoms with E-state index in [1.165, 1.54) is 22.0 Å². The van der Waals surface area contributed by atoms with Crippen LogP contribution in [-0.4, -0.2) is 4.98 Å². The summed E-state index contributed by atoms with van der Waals surface area (Å²) >= 11 is 0. The first-order valence-electron chi connectivity index (χ1n) is 5.91. The number of aromatic nitrogens is 1. The third-order valence-electron chi connectivity index (χ3n) is 2.97. The van der Waals surface area contributed by atoms with Gasteiger partial charge in [0.1, 0.15) is 0 Å². The van der Waals surface area contributed by atoms with Crippen LogP contribution in [-0.2, 0) is 11.8 Å². The van der Waals surface area contributed by atoms with Gasteiger partial charge in [0.15, 0.2) is 0 Å². The molecule has 2 rings (SSSR count). The van der Waals surface area contributed by atoms with Crippen LogP contribution in [0.1, 0.15) is 39.0 Å². The maximum Gasteiger partial charge on any atom is 0.0495 e. The van der Waals surface area contributed by atoms with Gasteiger partial charge in [-0.25, -0.2) is 0 Å². The summed E-state index contributed by atoms with van der Waals surface area (Å²) in [6, 6.07) is 8.51. The summed E-state index contributed by atoms with van der Waals surface area (Å²) in [5.41, 5.74) is 2.74. The molecule has 0 bridgehead atoms. The number of hydrogen-bond donors (Lipinski definition) is 0. The normalized spacial score (nSPS) is 12.0. The van der Waals surface area contributed by atoms with Gasteiger partial charge < -0.3 is 0 Å². The second-order valence-electron chi connectivity index (χ2n) is 5.28. The van der Waals surface area contributed by atoms with Crippen LogP contribution in [0.4, 0.5) is 0 Å². The van der Waals surface area contributed by atoms with E-state index in [9.17, 15) is 0 Å². The summed E-state index contributed by atoms with van der Waals surface area (Å²) in [7, 11) is 0. The lowest BCUT2D eigenvalue weighted by Gasteiger charge is -2.22. The van der Waals surface area contributed by atoms with Gasteiger partial charge in [0.05, 0.1) is 0 Å². The highest BCUT2D eigenvalue weighted by molar-refractivity contribution is 5.85. The highest BCUT2D eigenvalue weighted by Crippen LogP contribution is 2.29. The molecule has 0 spiro atoms. The number of rotatable bonds is 1. The van der Waals surface area contributed by atoms with E-state index in [1.807, 2.05) is 6.20 Å². The molecular formula is C15H19N. The lowest BCUT2D eigenvalue weighted by molar-refractivity contribution is 0.563. The van der Waals surface area contributed by atoms with Gasteiger partial charge in [-0.3, -0.25) is 4.98 Å². The first-order valence-corrected chi connectivity index (χ1v) is 5.91. The molecule has 0 atom stereocenters. The fourth-order valence-electron chi connectivity index (χ4n) is 2.23. The number of hydrogen-bond acceptors (Lipinski definition) is 1. The van der Waals surface area contributed by atoms with Crippen LogP contribution in [0, 0.1) is 0 Å². The minimum Gasteiger partial charge on any atom is -0.260 e. The summed E-state index contributed by atoms with van der Waals surface area (Å²) in [5, 5.41) is 2.59. The Morgan fingerprint density at radius 1 is 1.12 bits per heavy atom. The van der Waals surface area contributed by atoms with Gasteiger partial charge in [0.2, 0.25) is 0 Å². The van der Waals surface area contributed by atoms with Crippen LogP contribution < -0.4 is 0 Å². The Hall–Kier alpha value is -1.37. The van der Waals surface area contributed by atoms with Crippen LogP contribution >= 0.6 is 0 Å². The van der Waals surface area contributed by atoms with Crippen molar-refractivity contribution in [3.8, 4) is 0 Å². The van der Waals surface area contributed by atoms with Crippen LogP contribution in [0.15, 0.2) is 30.5 Å². The highest BCUT2D eigenvalue weighted by atomic mass is 14.7. The van der Waals surface area contributed by atoms with Crippen molar-refractivity contribution in [1.29, 1.82) is 0 Å².